The average molecular weight is 293 g/mol. The maximum Gasteiger partial charge on any atom is 0.251 e. The van der Waals surface area contributed by atoms with E-state index < -0.39 is 0 Å². The number of aryl methyl sites for hydroxylation is 1. The molecule has 17 heavy (non-hydrogen) atoms. The first kappa shape index (κ1) is 11.9. The zero-order valence-corrected chi connectivity index (χ0v) is 11.1. The predicted octanol–water partition coefficient (Wildman–Crippen LogP) is 2.55. The van der Waals surface area contributed by atoms with E-state index in [1.54, 1.807) is 16.8 Å². The number of aromatic nitrogens is 1. The molecule has 0 radical (unpaired) electrons. The van der Waals surface area contributed by atoms with Crippen LogP contribution in [0.3, 0.4) is 0 Å². The molecule has 0 atom stereocenters. The van der Waals surface area contributed by atoms with Crippen LogP contribution in [0, 0.1) is 6.92 Å². The summed E-state index contributed by atoms with van der Waals surface area (Å²) in [5.41, 5.74) is 8.43. The SMILES string of the molecule is Cc1ccn(Cc2cc(N)cc(Br)c2)c(=O)c1. The molecule has 0 unspecified atom stereocenters. The lowest BCUT2D eigenvalue weighted by atomic mass is 10.2. The van der Waals surface area contributed by atoms with E-state index in [0.29, 0.717) is 12.2 Å². The highest BCUT2D eigenvalue weighted by Gasteiger charge is 2.00. The first-order valence-corrected chi connectivity index (χ1v) is 6.06. The summed E-state index contributed by atoms with van der Waals surface area (Å²) in [4.78, 5) is 11.7. The summed E-state index contributed by atoms with van der Waals surface area (Å²) in [5.74, 6) is 0. The average Bonchev–Trinajstić information content (AvgIpc) is 2.21. The predicted molar refractivity (Wildman–Crippen MR) is 73.1 cm³/mol. The fourth-order valence-electron chi connectivity index (χ4n) is 1.70. The molecule has 0 spiro atoms. The van der Waals surface area contributed by atoms with Gasteiger partial charge in [-0.25, -0.2) is 0 Å². The lowest BCUT2D eigenvalue weighted by Crippen LogP contribution is -2.19. The molecule has 4 heteroatoms. The molecule has 0 saturated carbocycles. The van der Waals surface area contributed by atoms with Crippen LogP contribution in [0.1, 0.15) is 11.1 Å². The van der Waals surface area contributed by atoms with Crippen molar-refractivity contribution in [2.75, 3.05) is 5.73 Å². The Morgan fingerprint density at radius 2 is 2.06 bits per heavy atom. The van der Waals surface area contributed by atoms with Gasteiger partial charge in [0.2, 0.25) is 0 Å². The highest BCUT2D eigenvalue weighted by Crippen LogP contribution is 2.17. The van der Waals surface area contributed by atoms with Crippen molar-refractivity contribution < 1.29 is 0 Å². The zero-order chi connectivity index (χ0) is 12.4. The lowest BCUT2D eigenvalue weighted by Gasteiger charge is -2.07. The Morgan fingerprint density at radius 1 is 1.29 bits per heavy atom. The quantitative estimate of drug-likeness (QED) is 0.865. The van der Waals surface area contributed by atoms with Gasteiger partial charge in [-0.15, -0.1) is 0 Å². The second-order valence-corrected chi connectivity index (χ2v) is 4.98. The smallest absolute Gasteiger partial charge is 0.251 e. The van der Waals surface area contributed by atoms with Crippen molar-refractivity contribution in [1.82, 2.24) is 4.57 Å². The van der Waals surface area contributed by atoms with Gasteiger partial charge in [0.25, 0.3) is 5.56 Å². The summed E-state index contributed by atoms with van der Waals surface area (Å²) in [6.07, 6.45) is 1.80. The highest BCUT2D eigenvalue weighted by atomic mass is 79.9. The van der Waals surface area contributed by atoms with Gasteiger partial charge in [-0.1, -0.05) is 15.9 Å². The summed E-state index contributed by atoms with van der Waals surface area (Å²) in [6, 6.07) is 9.21. The third-order valence-electron chi connectivity index (χ3n) is 2.48. The van der Waals surface area contributed by atoms with Gasteiger partial charge in [0.15, 0.2) is 0 Å². The highest BCUT2D eigenvalue weighted by molar-refractivity contribution is 9.10. The minimum absolute atomic E-state index is 0.00328. The van der Waals surface area contributed by atoms with Crippen molar-refractivity contribution >= 4 is 21.6 Å². The first-order chi connectivity index (χ1) is 8.04. The number of pyridine rings is 1. The number of nitrogen functional groups attached to an aromatic ring is 1. The fraction of sp³-hybridized carbons (Fsp3) is 0.154. The van der Waals surface area contributed by atoms with E-state index in [1.807, 2.05) is 31.2 Å². The Balaban J connectivity index is 2.34. The van der Waals surface area contributed by atoms with Crippen molar-refractivity contribution in [3.63, 3.8) is 0 Å². The Labute approximate surface area is 108 Å². The normalized spacial score (nSPS) is 10.5. The molecule has 0 amide bonds. The van der Waals surface area contributed by atoms with E-state index in [4.69, 9.17) is 5.73 Å². The number of hydrogen-bond acceptors (Lipinski definition) is 2. The summed E-state index contributed by atoms with van der Waals surface area (Å²) >= 11 is 3.39. The monoisotopic (exact) mass is 292 g/mol. The molecule has 2 N–H and O–H groups in total. The first-order valence-electron chi connectivity index (χ1n) is 5.26. The standard InChI is InChI=1S/C13H13BrN2O/c1-9-2-3-16(13(17)4-9)8-10-5-11(14)7-12(15)6-10/h2-7H,8,15H2,1H3. The molecule has 0 aliphatic heterocycles. The minimum Gasteiger partial charge on any atom is -0.399 e. The van der Waals surface area contributed by atoms with Crippen LogP contribution in [0.5, 0.6) is 0 Å². The van der Waals surface area contributed by atoms with Crippen LogP contribution in [0.25, 0.3) is 0 Å². The second kappa shape index (κ2) is 4.75. The van der Waals surface area contributed by atoms with Crippen LogP contribution >= 0.6 is 15.9 Å². The van der Waals surface area contributed by atoms with E-state index in [2.05, 4.69) is 15.9 Å². The van der Waals surface area contributed by atoms with Crippen molar-refractivity contribution in [3.05, 3.63) is 62.5 Å². The molecule has 88 valence electrons. The van der Waals surface area contributed by atoms with Gasteiger partial charge < -0.3 is 10.3 Å². The van der Waals surface area contributed by atoms with Crippen LogP contribution in [0.4, 0.5) is 5.69 Å². The van der Waals surface area contributed by atoms with Crippen LogP contribution in [-0.4, -0.2) is 4.57 Å². The Bertz CT molecular complexity index is 584. The van der Waals surface area contributed by atoms with Crippen LogP contribution in [-0.2, 0) is 6.54 Å². The van der Waals surface area contributed by atoms with Crippen LogP contribution in [0.2, 0.25) is 0 Å². The second-order valence-electron chi connectivity index (χ2n) is 4.06. The maximum absolute atomic E-state index is 11.7. The molecule has 2 aromatic rings. The molecule has 0 saturated heterocycles. The zero-order valence-electron chi connectivity index (χ0n) is 9.48. The Hall–Kier alpha value is -1.55. The van der Waals surface area contributed by atoms with Crippen molar-refractivity contribution in [1.29, 1.82) is 0 Å². The Kier molecular flexibility index (Phi) is 3.33. The molecule has 1 heterocycles. The summed E-state index contributed by atoms with van der Waals surface area (Å²) in [6.45, 7) is 2.44. The summed E-state index contributed by atoms with van der Waals surface area (Å²) in [5, 5.41) is 0. The number of nitrogens with two attached hydrogens (primary N) is 1. The number of nitrogens with zero attached hydrogens (tertiary/aromatic N) is 1. The van der Waals surface area contributed by atoms with Crippen molar-refractivity contribution in [2.45, 2.75) is 13.5 Å². The molecular weight excluding hydrogens is 280 g/mol. The molecular formula is C13H13BrN2O. The molecule has 0 aliphatic carbocycles. The van der Waals surface area contributed by atoms with Gasteiger partial charge in [-0.3, -0.25) is 4.79 Å². The van der Waals surface area contributed by atoms with Gasteiger partial charge in [0.05, 0.1) is 6.54 Å². The van der Waals surface area contributed by atoms with E-state index in [0.717, 1.165) is 15.6 Å². The van der Waals surface area contributed by atoms with E-state index in [1.165, 1.54) is 0 Å². The van der Waals surface area contributed by atoms with Crippen molar-refractivity contribution in [2.24, 2.45) is 0 Å². The van der Waals surface area contributed by atoms with E-state index in [9.17, 15) is 4.79 Å². The molecule has 0 aliphatic rings. The number of anilines is 1. The van der Waals surface area contributed by atoms with E-state index in [-0.39, 0.29) is 5.56 Å². The van der Waals surface area contributed by atoms with Crippen molar-refractivity contribution in [3.8, 4) is 0 Å². The van der Waals surface area contributed by atoms with Gasteiger partial charge in [-0.2, -0.15) is 0 Å². The molecule has 3 nitrogen and oxygen atoms in total. The largest absolute Gasteiger partial charge is 0.399 e. The number of benzene rings is 1. The summed E-state index contributed by atoms with van der Waals surface area (Å²) in [7, 11) is 0. The molecule has 1 aromatic carbocycles. The number of halogens is 1. The molecule has 0 fully saturated rings. The topological polar surface area (TPSA) is 48.0 Å². The van der Waals surface area contributed by atoms with Crippen LogP contribution in [0.15, 0.2) is 45.8 Å². The third-order valence-corrected chi connectivity index (χ3v) is 2.94. The van der Waals surface area contributed by atoms with Gasteiger partial charge in [-0.05, 0) is 42.3 Å². The van der Waals surface area contributed by atoms with Gasteiger partial charge in [0, 0.05) is 22.4 Å². The van der Waals surface area contributed by atoms with Crippen LogP contribution < -0.4 is 11.3 Å². The summed E-state index contributed by atoms with van der Waals surface area (Å²) < 4.78 is 2.58. The maximum atomic E-state index is 11.7. The third kappa shape index (κ3) is 2.97. The van der Waals surface area contributed by atoms with Gasteiger partial charge in [0.1, 0.15) is 0 Å². The van der Waals surface area contributed by atoms with Gasteiger partial charge >= 0.3 is 0 Å². The fourth-order valence-corrected chi connectivity index (χ4v) is 2.26. The molecule has 1 aromatic heterocycles. The lowest BCUT2D eigenvalue weighted by molar-refractivity contribution is 0.757. The van der Waals surface area contributed by atoms with E-state index >= 15 is 0 Å². The molecule has 0 bridgehead atoms. The minimum atomic E-state index is 0.00328. The number of hydrogen-bond donors (Lipinski definition) is 1. The number of rotatable bonds is 2. The Morgan fingerprint density at radius 3 is 2.71 bits per heavy atom. The molecule has 2 rings (SSSR count).